The van der Waals surface area contributed by atoms with Crippen molar-refractivity contribution in [3.8, 4) is 23.0 Å². The number of hydrogen-bond donors (Lipinski definition) is 1. The van der Waals surface area contributed by atoms with E-state index in [1.807, 2.05) is 6.07 Å². The summed E-state index contributed by atoms with van der Waals surface area (Å²) in [5.41, 5.74) is 0.359. The van der Waals surface area contributed by atoms with Crippen molar-refractivity contribution in [2.45, 2.75) is 13.8 Å². The topological polar surface area (TPSA) is 65.0 Å². The first-order valence-electron chi connectivity index (χ1n) is 8.67. The summed E-state index contributed by atoms with van der Waals surface area (Å²) in [6.45, 7) is 4.15. The summed E-state index contributed by atoms with van der Waals surface area (Å²) < 4.78 is 17.8. The van der Waals surface area contributed by atoms with Crippen molar-refractivity contribution in [1.29, 1.82) is 0 Å². The Morgan fingerprint density at radius 2 is 1.71 bits per heavy atom. The summed E-state index contributed by atoms with van der Waals surface area (Å²) in [6.07, 6.45) is 0. The van der Waals surface area contributed by atoms with E-state index in [1.165, 1.54) is 0 Å². The number of carbonyl (C=O) groups excluding carboxylic acids is 1. The molecule has 0 aromatic heterocycles. The molecular formula is C21H18BrClO5. The molecule has 3 aromatic carbocycles. The number of ether oxygens (including phenoxy) is 3. The van der Waals surface area contributed by atoms with E-state index in [9.17, 15) is 9.90 Å². The van der Waals surface area contributed by atoms with Gasteiger partial charge in [0.2, 0.25) is 11.5 Å². The van der Waals surface area contributed by atoms with Gasteiger partial charge in [0.25, 0.3) is 0 Å². The molecule has 0 radical (unpaired) electrons. The van der Waals surface area contributed by atoms with Crippen LogP contribution in [-0.4, -0.2) is 24.3 Å². The molecule has 0 fully saturated rings. The average molecular weight is 466 g/mol. The largest absolute Gasteiger partial charge is 0.504 e. The van der Waals surface area contributed by atoms with Crippen LogP contribution in [0.5, 0.6) is 23.0 Å². The van der Waals surface area contributed by atoms with E-state index in [2.05, 4.69) is 15.9 Å². The van der Waals surface area contributed by atoms with E-state index in [1.54, 1.807) is 50.2 Å². The molecular weight excluding hydrogens is 448 g/mol. The van der Waals surface area contributed by atoms with Gasteiger partial charge in [-0.15, -0.1) is 0 Å². The second kappa shape index (κ2) is 8.71. The number of esters is 1. The highest BCUT2D eigenvalue weighted by atomic mass is 79.9. The molecule has 0 aliphatic carbocycles. The number of fused-ring (bicyclic) bond motifs is 1. The van der Waals surface area contributed by atoms with Crippen LogP contribution in [-0.2, 0) is 0 Å². The average Bonchev–Trinajstić information content (AvgIpc) is 2.67. The molecule has 146 valence electrons. The molecule has 0 aliphatic rings. The molecule has 0 saturated heterocycles. The number of phenols is 1. The van der Waals surface area contributed by atoms with Gasteiger partial charge in [0.15, 0.2) is 11.5 Å². The molecule has 0 atom stereocenters. The zero-order valence-electron chi connectivity index (χ0n) is 15.3. The van der Waals surface area contributed by atoms with Gasteiger partial charge < -0.3 is 19.3 Å². The van der Waals surface area contributed by atoms with E-state index in [4.69, 9.17) is 25.8 Å². The fraction of sp³-hybridized carbons (Fsp3) is 0.190. The van der Waals surface area contributed by atoms with Gasteiger partial charge in [-0.1, -0.05) is 33.6 Å². The lowest BCUT2D eigenvalue weighted by atomic mass is 10.1. The predicted octanol–water partition coefficient (Wildman–Crippen LogP) is 5.98. The van der Waals surface area contributed by atoms with Crippen molar-refractivity contribution in [2.75, 3.05) is 13.2 Å². The van der Waals surface area contributed by atoms with E-state index >= 15 is 0 Å². The van der Waals surface area contributed by atoms with E-state index < -0.39 is 5.97 Å². The highest BCUT2D eigenvalue weighted by Crippen LogP contribution is 2.51. The molecule has 0 aliphatic heterocycles. The minimum atomic E-state index is -0.573. The van der Waals surface area contributed by atoms with Crippen LogP contribution in [0.15, 0.2) is 46.9 Å². The highest BCUT2D eigenvalue weighted by Gasteiger charge is 2.25. The highest BCUT2D eigenvalue weighted by molar-refractivity contribution is 9.10. The van der Waals surface area contributed by atoms with Crippen LogP contribution >= 0.6 is 27.5 Å². The number of carbonyl (C=O) groups is 1. The second-order valence-corrected chi connectivity index (χ2v) is 7.14. The first-order valence-corrected chi connectivity index (χ1v) is 9.84. The van der Waals surface area contributed by atoms with Crippen LogP contribution < -0.4 is 14.2 Å². The van der Waals surface area contributed by atoms with Gasteiger partial charge in [0.1, 0.15) is 0 Å². The van der Waals surface area contributed by atoms with Crippen molar-refractivity contribution in [3.05, 3.63) is 57.5 Å². The van der Waals surface area contributed by atoms with E-state index in [0.29, 0.717) is 28.0 Å². The summed E-state index contributed by atoms with van der Waals surface area (Å²) >= 11 is 9.49. The van der Waals surface area contributed by atoms with Gasteiger partial charge in [-0.05, 0) is 50.2 Å². The van der Waals surface area contributed by atoms with Crippen LogP contribution in [0.1, 0.15) is 24.2 Å². The van der Waals surface area contributed by atoms with Crippen molar-refractivity contribution in [3.63, 3.8) is 0 Å². The molecule has 3 aromatic rings. The zero-order chi connectivity index (χ0) is 20.3. The molecule has 3 rings (SSSR count). The van der Waals surface area contributed by atoms with Crippen molar-refractivity contribution in [1.82, 2.24) is 0 Å². The second-order valence-electron chi connectivity index (χ2n) is 5.79. The fourth-order valence-corrected chi connectivity index (χ4v) is 3.36. The summed E-state index contributed by atoms with van der Waals surface area (Å²) in [6, 6.07) is 11.7. The normalized spacial score (nSPS) is 10.7. The maximum Gasteiger partial charge on any atom is 0.343 e. The zero-order valence-corrected chi connectivity index (χ0v) is 17.6. The summed E-state index contributed by atoms with van der Waals surface area (Å²) in [7, 11) is 0. The van der Waals surface area contributed by atoms with E-state index in [0.717, 1.165) is 4.47 Å². The van der Waals surface area contributed by atoms with Gasteiger partial charge >= 0.3 is 5.97 Å². The van der Waals surface area contributed by atoms with Gasteiger partial charge in [-0.3, -0.25) is 0 Å². The molecule has 0 bridgehead atoms. The van der Waals surface area contributed by atoms with Gasteiger partial charge in [0, 0.05) is 20.3 Å². The smallest absolute Gasteiger partial charge is 0.343 e. The minimum absolute atomic E-state index is 0.0979. The number of hydrogen-bond acceptors (Lipinski definition) is 5. The van der Waals surface area contributed by atoms with Crippen LogP contribution in [0.25, 0.3) is 10.8 Å². The van der Waals surface area contributed by atoms with Crippen molar-refractivity contribution < 1.29 is 24.1 Å². The van der Waals surface area contributed by atoms with Crippen LogP contribution in [0.4, 0.5) is 0 Å². The van der Waals surface area contributed by atoms with Crippen LogP contribution in [0.3, 0.4) is 0 Å². The van der Waals surface area contributed by atoms with E-state index in [-0.39, 0.29) is 29.6 Å². The Labute approximate surface area is 175 Å². The van der Waals surface area contributed by atoms with Crippen LogP contribution in [0.2, 0.25) is 5.02 Å². The molecule has 0 unspecified atom stereocenters. The number of aromatic hydroxyl groups is 1. The first kappa shape index (κ1) is 20.3. The maximum atomic E-state index is 12.8. The Morgan fingerprint density at radius 3 is 2.39 bits per heavy atom. The number of halogens is 2. The third kappa shape index (κ3) is 4.03. The first-order chi connectivity index (χ1) is 13.5. The lowest BCUT2D eigenvalue weighted by Crippen LogP contribution is -2.11. The number of benzene rings is 3. The predicted molar refractivity (Wildman–Crippen MR) is 112 cm³/mol. The minimum Gasteiger partial charge on any atom is -0.504 e. The summed E-state index contributed by atoms with van der Waals surface area (Å²) in [5.74, 6) is -0.252. The number of phenolic OH excluding ortho intramolecular Hbond substituents is 1. The van der Waals surface area contributed by atoms with Gasteiger partial charge in [-0.25, -0.2) is 4.79 Å². The lowest BCUT2D eigenvalue weighted by Gasteiger charge is -2.19. The Balaban J connectivity index is 2.22. The summed E-state index contributed by atoms with van der Waals surface area (Å²) in [5, 5.41) is 12.0. The summed E-state index contributed by atoms with van der Waals surface area (Å²) in [4.78, 5) is 12.8. The van der Waals surface area contributed by atoms with Crippen LogP contribution in [0, 0.1) is 0 Å². The van der Waals surface area contributed by atoms with Gasteiger partial charge in [0.05, 0.1) is 18.8 Å². The quantitative estimate of drug-likeness (QED) is 0.358. The molecule has 0 saturated carbocycles. The third-order valence-corrected chi connectivity index (χ3v) is 4.67. The molecule has 7 heteroatoms. The Bertz CT molecular complexity index is 1030. The maximum absolute atomic E-state index is 12.8. The standard InChI is InChI=1S/C21H18BrClO5/c1-3-26-19-17(24)15-9-8-14(23)11-16(15)18(20(19)27-4-2)28-21(25)12-6-5-7-13(22)10-12/h5-11,24H,3-4H2,1-2H3. The van der Waals surface area contributed by atoms with Crippen molar-refractivity contribution in [2.24, 2.45) is 0 Å². The molecule has 0 amide bonds. The molecule has 5 nitrogen and oxygen atoms in total. The molecule has 28 heavy (non-hydrogen) atoms. The Morgan fingerprint density at radius 1 is 1.00 bits per heavy atom. The Kier molecular flexibility index (Phi) is 6.31. The molecule has 0 heterocycles. The molecule has 0 spiro atoms. The van der Waals surface area contributed by atoms with Gasteiger partial charge in [-0.2, -0.15) is 0 Å². The Hall–Kier alpha value is -2.44. The monoisotopic (exact) mass is 464 g/mol. The van der Waals surface area contributed by atoms with Crippen molar-refractivity contribution >= 4 is 44.3 Å². The third-order valence-electron chi connectivity index (χ3n) is 3.94. The number of rotatable bonds is 6. The SMILES string of the molecule is CCOc1c(OCC)c(OC(=O)c2cccc(Br)c2)c2cc(Cl)ccc2c1O. The molecule has 1 N–H and O–H groups in total. The lowest BCUT2D eigenvalue weighted by molar-refractivity contribution is 0.0730. The fourth-order valence-electron chi connectivity index (χ4n) is 2.79.